The molecule has 4 nitrogen and oxygen atoms in total. The van der Waals surface area contributed by atoms with Crippen molar-refractivity contribution < 1.29 is 4.52 Å². The molecule has 4 heteroatoms. The third-order valence-electron chi connectivity index (χ3n) is 3.02. The number of aryl methyl sites for hydroxylation is 1. The van der Waals surface area contributed by atoms with Gasteiger partial charge in [-0.1, -0.05) is 25.9 Å². The van der Waals surface area contributed by atoms with Gasteiger partial charge in [0.25, 0.3) is 0 Å². The van der Waals surface area contributed by atoms with Gasteiger partial charge in [-0.25, -0.2) is 0 Å². The molecule has 0 fully saturated rings. The van der Waals surface area contributed by atoms with Crippen LogP contribution in [-0.4, -0.2) is 23.2 Å². The first-order valence-corrected chi connectivity index (χ1v) is 6.04. The molecule has 16 heavy (non-hydrogen) atoms. The second kappa shape index (κ2) is 5.99. The minimum Gasteiger partial charge on any atom is -0.339 e. The quantitative estimate of drug-likeness (QED) is 0.807. The van der Waals surface area contributed by atoms with E-state index in [1.165, 1.54) is 0 Å². The van der Waals surface area contributed by atoms with Crippen molar-refractivity contribution in [1.29, 1.82) is 0 Å². The summed E-state index contributed by atoms with van der Waals surface area (Å²) >= 11 is 0. The van der Waals surface area contributed by atoms with Crippen LogP contribution in [0, 0.1) is 5.92 Å². The van der Waals surface area contributed by atoms with Gasteiger partial charge in [0, 0.05) is 12.5 Å². The Kier molecular flexibility index (Phi) is 4.93. The lowest BCUT2D eigenvalue weighted by Gasteiger charge is -2.14. The molecule has 1 heterocycles. The highest BCUT2D eigenvalue weighted by molar-refractivity contribution is 4.96. The van der Waals surface area contributed by atoms with Crippen LogP contribution in [-0.2, 0) is 6.42 Å². The molecular formula is C12H23N3O. The van der Waals surface area contributed by atoms with Crippen molar-refractivity contribution in [2.75, 3.05) is 7.05 Å². The first-order valence-electron chi connectivity index (χ1n) is 6.04. The number of nitrogens with zero attached hydrogens (tertiary/aromatic N) is 2. The lowest BCUT2D eigenvalue weighted by atomic mass is 10.0. The van der Waals surface area contributed by atoms with Gasteiger partial charge >= 0.3 is 0 Å². The van der Waals surface area contributed by atoms with Crippen molar-refractivity contribution in [2.45, 2.75) is 52.5 Å². The number of hydrogen-bond donors (Lipinski definition) is 1. The molecule has 1 aromatic heterocycles. The summed E-state index contributed by atoms with van der Waals surface area (Å²) in [5, 5.41) is 7.21. The summed E-state index contributed by atoms with van der Waals surface area (Å²) in [6.45, 7) is 8.61. The Morgan fingerprint density at radius 2 is 1.94 bits per heavy atom. The second-order valence-electron chi connectivity index (χ2n) is 4.85. The maximum Gasteiger partial charge on any atom is 0.231 e. The second-order valence-corrected chi connectivity index (χ2v) is 4.85. The van der Waals surface area contributed by atoms with Gasteiger partial charge in [0.15, 0.2) is 5.82 Å². The zero-order valence-corrected chi connectivity index (χ0v) is 10.9. The van der Waals surface area contributed by atoms with Crippen LogP contribution in [0.2, 0.25) is 0 Å². The van der Waals surface area contributed by atoms with Crippen LogP contribution >= 0.6 is 0 Å². The first-order chi connectivity index (χ1) is 7.54. The van der Waals surface area contributed by atoms with Crippen LogP contribution in [0.3, 0.4) is 0 Å². The summed E-state index contributed by atoms with van der Waals surface area (Å²) in [7, 11) is 1.94. The maximum absolute atomic E-state index is 5.28. The van der Waals surface area contributed by atoms with Crippen LogP contribution in [0.4, 0.5) is 0 Å². The van der Waals surface area contributed by atoms with E-state index in [9.17, 15) is 0 Å². The zero-order valence-electron chi connectivity index (χ0n) is 10.9. The van der Waals surface area contributed by atoms with Gasteiger partial charge < -0.3 is 9.84 Å². The van der Waals surface area contributed by atoms with E-state index in [-0.39, 0.29) is 5.92 Å². The van der Waals surface area contributed by atoms with E-state index in [1.807, 2.05) is 7.05 Å². The summed E-state index contributed by atoms with van der Waals surface area (Å²) in [5.41, 5.74) is 0. The molecule has 0 saturated carbocycles. The van der Waals surface area contributed by atoms with Crippen molar-refractivity contribution in [1.82, 2.24) is 15.5 Å². The van der Waals surface area contributed by atoms with Crippen LogP contribution < -0.4 is 5.32 Å². The number of likely N-dealkylation sites (N-methyl/N-ethyl adjacent to an activating group) is 1. The Morgan fingerprint density at radius 1 is 1.25 bits per heavy atom. The van der Waals surface area contributed by atoms with E-state index in [0.717, 1.165) is 24.6 Å². The fourth-order valence-electron chi connectivity index (χ4n) is 1.44. The van der Waals surface area contributed by atoms with Gasteiger partial charge in [-0.3, -0.25) is 0 Å². The molecule has 1 rings (SSSR count). The predicted octanol–water partition coefficient (Wildman–Crippen LogP) is 2.37. The SMILES string of the molecule is CNC(C)C(C)c1nc(CCC(C)C)no1. The van der Waals surface area contributed by atoms with Crippen molar-refractivity contribution in [2.24, 2.45) is 5.92 Å². The highest BCUT2D eigenvalue weighted by Crippen LogP contribution is 2.17. The van der Waals surface area contributed by atoms with Crippen LogP contribution in [0.25, 0.3) is 0 Å². The Hall–Kier alpha value is -0.900. The minimum atomic E-state index is 0.255. The fraction of sp³-hybridized carbons (Fsp3) is 0.833. The van der Waals surface area contributed by atoms with Crippen molar-refractivity contribution in [3.05, 3.63) is 11.7 Å². The molecule has 92 valence electrons. The fourth-order valence-corrected chi connectivity index (χ4v) is 1.44. The average Bonchev–Trinajstić information content (AvgIpc) is 2.72. The number of hydrogen-bond acceptors (Lipinski definition) is 4. The van der Waals surface area contributed by atoms with E-state index < -0.39 is 0 Å². The molecular weight excluding hydrogens is 202 g/mol. The molecule has 1 N–H and O–H groups in total. The highest BCUT2D eigenvalue weighted by atomic mass is 16.5. The molecule has 2 unspecified atom stereocenters. The number of nitrogens with one attached hydrogen (secondary N) is 1. The molecule has 0 spiro atoms. The summed E-state index contributed by atoms with van der Waals surface area (Å²) < 4.78 is 5.28. The van der Waals surface area contributed by atoms with Gasteiger partial charge in [0.1, 0.15) is 0 Å². The molecule has 0 aliphatic carbocycles. The van der Waals surface area contributed by atoms with E-state index in [1.54, 1.807) is 0 Å². The highest BCUT2D eigenvalue weighted by Gasteiger charge is 2.19. The Labute approximate surface area is 97.8 Å². The third kappa shape index (κ3) is 3.59. The average molecular weight is 225 g/mol. The van der Waals surface area contributed by atoms with E-state index in [4.69, 9.17) is 4.52 Å². The van der Waals surface area contributed by atoms with Gasteiger partial charge in [-0.05, 0) is 26.3 Å². The smallest absolute Gasteiger partial charge is 0.231 e. The summed E-state index contributed by atoms with van der Waals surface area (Å²) in [5.74, 6) is 2.50. The zero-order chi connectivity index (χ0) is 12.1. The first kappa shape index (κ1) is 13.2. The predicted molar refractivity (Wildman–Crippen MR) is 64.4 cm³/mol. The molecule has 0 amide bonds. The van der Waals surface area contributed by atoms with Gasteiger partial charge in [-0.15, -0.1) is 0 Å². The van der Waals surface area contributed by atoms with Crippen molar-refractivity contribution in [3.63, 3.8) is 0 Å². The van der Waals surface area contributed by atoms with E-state index in [0.29, 0.717) is 12.0 Å². The summed E-state index contributed by atoms with van der Waals surface area (Å²) in [6.07, 6.45) is 2.01. The molecule has 2 atom stereocenters. The van der Waals surface area contributed by atoms with Gasteiger partial charge in [0.2, 0.25) is 5.89 Å². The monoisotopic (exact) mass is 225 g/mol. The van der Waals surface area contributed by atoms with Crippen LogP contribution in [0.1, 0.15) is 51.7 Å². The van der Waals surface area contributed by atoms with Gasteiger partial charge in [0.05, 0.1) is 5.92 Å². The lowest BCUT2D eigenvalue weighted by molar-refractivity contribution is 0.332. The van der Waals surface area contributed by atoms with Crippen LogP contribution in [0.15, 0.2) is 4.52 Å². The van der Waals surface area contributed by atoms with Crippen molar-refractivity contribution in [3.8, 4) is 0 Å². The molecule has 0 radical (unpaired) electrons. The summed E-state index contributed by atoms with van der Waals surface area (Å²) in [4.78, 5) is 4.43. The van der Waals surface area contributed by atoms with E-state index in [2.05, 4.69) is 43.2 Å². The molecule has 0 aliphatic heterocycles. The molecule has 0 aliphatic rings. The molecule has 0 saturated heterocycles. The van der Waals surface area contributed by atoms with E-state index >= 15 is 0 Å². The number of aromatic nitrogens is 2. The number of rotatable bonds is 6. The topological polar surface area (TPSA) is 51.0 Å². The standard InChI is InChI=1S/C12H23N3O/c1-8(2)6-7-11-14-12(16-15-11)9(3)10(4)13-5/h8-10,13H,6-7H2,1-5H3. The lowest BCUT2D eigenvalue weighted by Crippen LogP contribution is -2.27. The summed E-state index contributed by atoms with van der Waals surface area (Å²) in [6, 6.07) is 0.346. The van der Waals surface area contributed by atoms with Crippen LogP contribution in [0.5, 0.6) is 0 Å². The third-order valence-corrected chi connectivity index (χ3v) is 3.02. The molecule has 1 aromatic rings. The Bertz CT molecular complexity index is 309. The Morgan fingerprint density at radius 3 is 2.50 bits per heavy atom. The maximum atomic E-state index is 5.28. The molecule has 0 aromatic carbocycles. The largest absolute Gasteiger partial charge is 0.339 e. The minimum absolute atomic E-state index is 0.255. The normalized spacial score (nSPS) is 15.4. The van der Waals surface area contributed by atoms with Crippen molar-refractivity contribution >= 4 is 0 Å². The van der Waals surface area contributed by atoms with Gasteiger partial charge in [-0.2, -0.15) is 4.98 Å². The Balaban J connectivity index is 2.57. The molecule has 0 bridgehead atoms.